The summed E-state index contributed by atoms with van der Waals surface area (Å²) in [6, 6.07) is 0. The quantitative estimate of drug-likeness (QED) is 0.278. The number of halogens is 2. The van der Waals surface area contributed by atoms with Gasteiger partial charge in [0.1, 0.15) is 0 Å². The third-order valence-electron chi connectivity index (χ3n) is 0.439. The lowest BCUT2D eigenvalue weighted by atomic mass is 10.5. The van der Waals surface area contributed by atoms with E-state index in [1.807, 2.05) is 0 Å². The zero-order valence-corrected chi connectivity index (χ0v) is 5.28. The van der Waals surface area contributed by atoms with E-state index in [4.69, 9.17) is 28.4 Å². The molecule has 0 atom stereocenters. The lowest BCUT2D eigenvalue weighted by molar-refractivity contribution is -0.110. The van der Waals surface area contributed by atoms with Gasteiger partial charge in [-0.3, -0.25) is 4.79 Å². The predicted octanol–water partition coefficient (Wildman–Crippen LogP) is 0.821. The lowest BCUT2D eigenvalue weighted by Crippen LogP contribution is -2.07. The van der Waals surface area contributed by atoms with E-state index in [1.165, 1.54) is 0 Å². The third kappa shape index (κ3) is 2.14. The van der Waals surface area contributed by atoms with Crippen molar-refractivity contribution in [2.75, 3.05) is 5.88 Å². The molecule has 0 aliphatic heterocycles. The molecule has 1 N–H and O–H groups in total. The van der Waals surface area contributed by atoms with E-state index in [1.54, 1.807) is 0 Å². The molecular weight excluding hydrogens is 153 g/mol. The average molecular weight is 156 g/mol. The van der Waals surface area contributed by atoms with Crippen molar-refractivity contribution in [1.29, 1.82) is 0 Å². The van der Waals surface area contributed by atoms with E-state index in [-0.39, 0.29) is 5.88 Å². The minimum absolute atomic E-state index is 0.261. The summed E-state index contributed by atoms with van der Waals surface area (Å²) in [7, 11) is 0. The molecule has 46 valence electrons. The Hall–Kier alpha value is -0.280. The molecule has 0 fully saturated rings. The van der Waals surface area contributed by atoms with Crippen LogP contribution < -0.4 is 0 Å². The molecule has 0 aliphatic carbocycles. The Morgan fingerprint density at radius 2 is 2.25 bits per heavy atom. The SMILES string of the molecule is O=C(CCl)/C(Cl)=N/O. The molecule has 3 nitrogen and oxygen atoms in total. The largest absolute Gasteiger partial charge is 0.410 e. The number of Topliss-reactive ketones (excluding diaryl/α,β-unsaturated/α-hetero) is 1. The summed E-state index contributed by atoms with van der Waals surface area (Å²) in [6.07, 6.45) is 0. The summed E-state index contributed by atoms with van der Waals surface area (Å²) >= 11 is 9.98. The fraction of sp³-hybridized carbons (Fsp3) is 0.333. The maximum absolute atomic E-state index is 10.2. The lowest BCUT2D eigenvalue weighted by Gasteiger charge is -1.84. The van der Waals surface area contributed by atoms with E-state index >= 15 is 0 Å². The molecule has 0 saturated carbocycles. The van der Waals surface area contributed by atoms with Crippen LogP contribution in [-0.2, 0) is 4.79 Å². The van der Waals surface area contributed by atoms with Crippen molar-refractivity contribution in [3.63, 3.8) is 0 Å². The Bertz CT molecular complexity index is 122. The van der Waals surface area contributed by atoms with E-state index in [9.17, 15) is 4.79 Å². The van der Waals surface area contributed by atoms with Gasteiger partial charge < -0.3 is 5.21 Å². The van der Waals surface area contributed by atoms with Gasteiger partial charge >= 0.3 is 0 Å². The number of hydrogen-bond acceptors (Lipinski definition) is 3. The number of rotatable bonds is 2. The number of nitrogens with zero attached hydrogens (tertiary/aromatic N) is 1. The summed E-state index contributed by atoms with van der Waals surface area (Å²) in [4.78, 5) is 10.2. The maximum Gasteiger partial charge on any atom is 0.212 e. The average Bonchev–Trinajstić information content (AvgIpc) is 1.84. The molecule has 0 rings (SSSR count). The highest BCUT2D eigenvalue weighted by Crippen LogP contribution is 1.88. The van der Waals surface area contributed by atoms with Crippen molar-refractivity contribution in [3.05, 3.63) is 0 Å². The maximum atomic E-state index is 10.2. The summed E-state index contributed by atoms with van der Waals surface area (Å²) in [5, 5.41) is 9.73. The first-order valence-electron chi connectivity index (χ1n) is 1.69. The van der Waals surface area contributed by atoms with Gasteiger partial charge in [0.05, 0.1) is 5.88 Å². The zero-order valence-electron chi connectivity index (χ0n) is 3.77. The Labute approximate surface area is 55.9 Å². The van der Waals surface area contributed by atoms with Gasteiger partial charge in [-0.1, -0.05) is 16.8 Å². The second-order valence-electron chi connectivity index (χ2n) is 0.948. The van der Waals surface area contributed by atoms with Crippen molar-refractivity contribution in [2.45, 2.75) is 0 Å². The summed E-state index contributed by atoms with van der Waals surface area (Å²) in [5.41, 5.74) is 0. The number of alkyl halides is 1. The van der Waals surface area contributed by atoms with Gasteiger partial charge in [-0.05, 0) is 0 Å². The van der Waals surface area contributed by atoms with Crippen LogP contribution in [0.5, 0.6) is 0 Å². The second-order valence-corrected chi connectivity index (χ2v) is 1.57. The Kier molecular flexibility index (Phi) is 3.56. The molecule has 8 heavy (non-hydrogen) atoms. The van der Waals surface area contributed by atoms with E-state index in [0.29, 0.717) is 0 Å². The number of carbonyl (C=O) groups is 1. The van der Waals surface area contributed by atoms with Crippen molar-refractivity contribution in [3.8, 4) is 0 Å². The molecular formula is C3H3Cl2NO2. The molecule has 0 aromatic carbocycles. The van der Waals surface area contributed by atoms with Gasteiger partial charge in [0.15, 0.2) is 0 Å². The van der Waals surface area contributed by atoms with Crippen LogP contribution in [0.25, 0.3) is 0 Å². The van der Waals surface area contributed by atoms with Gasteiger partial charge in [-0.25, -0.2) is 0 Å². The summed E-state index contributed by atoms with van der Waals surface area (Å²) in [6.45, 7) is 0. The van der Waals surface area contributed by atoms with Gasteiger partial charge in [0.25, 0.3) is 0 Å². The smallest absolute Gasteiger partial charge is 0.212 e. The van der Waals surface area contributed by atoms with Crippen LogP contribution in [0, 0.1) is 0 Å². The van der Waals surface area contributed by atoms with Crippen molar-refractivity contribution >= 4 is 34.2 Å². The number of carbonyl (C=O) groups excluding carboxylic acids is 1. The standard InChI is InChI=1S/C3H3Cl2NO2/c4-1-2(7)3(5)6-8/h8H,1H2/b6-3-. The minimum Gasteiger partial charge on any atom is -0.410 e. The topological polar surface area (TPSA) is 49.7 Å². The number of ketones is 1. The first-order valence-corrected chi connectivity index (χ1v) is 2.60. The molecule has 0 heterocycles. The van der Waals surface area contributed by atoms with Gasteiger partial charge in [0.2, 0.25) is 11.0 Å². The van der Waals surface area contributed by atoms with Crippen molar-refractivity contribution < 1.29 is 10.0 Å². The molecule has 0 amide bonds. The molecule has 0 radical (unpaired) electrons. The van der Waals surface area contributed by atoms with E-state index < -0.39 is 11.0 Å². The molecule has 0 aromatic heterocycles. The van der Waals surface area contributed by atoms with Crippen LogP contribution in [0.2, 0.25) is 0 Å². The molecule has 0 aliphatic rings. The molecule has 0 spiro atoms. The normalized spacial score (nSPS) is 11.5. The summed E-state index contributed by atoms with van der Waals surface area (Å²) in [5.74, 6) is -0.848. The molecule has 0 unspecified atom stereocenters. The monoisotopic (exact) mass is 155 g/mol. The van der Waals surface area contributed by atoms with E-state index in [2.05, 4.69) is 5.16 Å². The molecule has 0 saturated heterocycles. The first-order chi connectivity index (χ1) is 3.72. The minimum atomic E-state index is -0.587. The summed E-state index contributed by atoms with van der Waals surface area (Å²) < 4.78 is 0. The first kappa shape index (κ1) is 7.72. The van der Waals surface area contributed by atoms with Crippen LogP contribution >= 0.6 is 23.2 Å². The predicted molar refractivity (Wildman–Crippen MR) is 30.8 cm³/mol. The van der Waals surface area contributed by atoms with Crippen LogP contribution in [0.4, 0.5) is 0 Å². The third-order valence-corrected chi connectivity index (χ3v) is 0.968. The fourth-order valence-corrected chi connectivity index (χ4v) is 0.373. The molecule has 5 heteroatoms. The van der Waals surface area contributed by atoms with E-state index in [0.717, 1.165) is 0 Å². The Morgan fingerprint density at radius 1 is 1.75 bits per heavy atom. The van der Waals surface area contributed by atoms with Gasteiger partial charge in [-0.15, -0.1) is 11.6 Å². The van der Waals surface area contributed by atoms with Crippen LogP contribution in [0.1, 0.15) is 0 Å². The van der Waals surface area contributed by atoms with Crippen molar-refractivity contribution in [1.82, 2.24) is 0 Å². The fourth-order valence-electron chi connectivity index (χ4n) is 0.111. The zero-order chi connectivity index (χ0) is 6.57. The highest BCUT2D eigenvalue weighted by Gasteiger charge is 2.04. The number of hydrogen-bond donors (Lipinski definition) is 1. The van der Waals surface area contributed by atoms with Gasteiger partial charge in [0, 0.05) is 0 Å². The second kappa shape index (κ2) is 3.69. The Balaban J connectivity index is 3.83. The van der Waals surface area contributed by atoms with Crippen LogP contribution in [0.3, 0.4) is 0 Å². The Morgan fingerprint density at radius 3 is 2.38 bits per heavy atom. The molecule has 0 aromatic rings. The van der Waals surface area contributed by atoms with Crippen LogP contribution in [0.15, 0.2) is 5.16 Å². The highest BCUT2D eigenvalue weighted by molar-refractivity contribution is 6.84. The number of oxime groups is 1. The highest BCUT2D eigenvalue weighted by atomic mass is 35.5. The molecule has 0 bridgehead atoms. The van der Waals surface area contributed by atoms with Gasteiger partial charge in [-0.2, -0.15) is 0 Å². The van der Waals surface area contributed by atoms with Crippen LogP contribution in [-0.4, -0.2) is 22.0 Å². The van der Waals surface area contributed by atoms with Crippen molar-refractivity contribution in [2.24, 2.45) is 5.16 Å².